The fraction of sp³-hybridized carbons (Fsp3) is 0.938. The van der Waals surface area contributed by atoms with Crippen LogP contribution in [0.4, 0.5) is 0 Å². The molecule has 0 aromatic carbocycles. The van der Waals surface area contributed by atoms with Crippen molar-refractivity contribution in [1.29, 1.82) is 0 Å². The highest BCUT2D eigenvalue weighted by Crippen LogP contribution is 2.61. The summed E-state index contributed by atoms with van der Waals surface area (Å²) >= 11 is 0. The largest absolute Gasteiger partial charge is 0.396 e. The van der Waals surface area contributed by atoms with E-state index in [1.54, 1.807) is 0 Å². The quantitative estimate of drug-likeness (QED) is 0.802. The summed E-state index contributed by atoms with van der Waals surface area (Å²) < 4.78 is 0. The summed E-state index contributed by atoms with van der Waals surface area (Å²) in [4.78, 5) is 11.9. The number of carbonyl (C=O) groups excluding carboxylic acids is 1. The van der Waals surface area contributed by atoms with E-state index in [1.165, 1.54) is 38.5 Å². The number of hydrogen-bond acceptors (Lipinski definition) is 2. The van der Waals surface area contributed by atoms with Gasteiger partial charge in [-0.2, -0.15) is 0 Å². The Bertz CT molecular complexity index is 317. The van der Waals surface area contributed by atoms with Crippen LogP contribution < -0.4 is 5.32 Å². The van der Waals surface area contributed by atoms with Gasteiger partial charge in [0.1, 0.15) is 0 Å². The average molecular weight is 265 g/mol. The molecule has 2 N–H and O–H groups in total. The third kappa shape index (κ3) is 2.54. The first-order chi connectivity index (χ1) is 9.11. The minimum Gasteiger partial charge on any atom is -0.396 e. The highest BCUT2D eigenvalue weighted by molar-refractivity contribution is 5.76. The number of aliphatic hydroxyl groups is 1. The minimum absolute atomic E-state index is 0.110. The molecule has 0 spiro atoms. The van der Waals surface area contributed by atoms with E-state index in [9.17, 15) is 4.79 Å². The molecule has 0 saturated heterocycles. The Morgan fingerprint density at radius 3 is 2.21 bits per heavy atom. The van der Waals surface area contributed by atoms with Crippen molar-refractivity contribution in [2.24, 2.45) is 23.2 Å². The van der Waals surface area contributed by atoms with E-state index < -0.39 is 0 Å². The molecule has 4 rings (SSSR count). The summed E-state index contributed by atoms with van der Waals surface area (Å²) in [5.74, 6) is 2.92. The Morgan fingerprint density at radius 1 is 1.21 bits per heavy atom. The Labute approximate surface area is 116 Å². The molecule has 4 fully saturated rings. The molecule has 108 valence electrons. The van der Waals surface area contributed by atoms with Crippen LogP contribution in [0.15, 0.2) is 0 Å². The number of hydrogen-bond donors (Lipinski definition) is 2. The van der Waals surface area contributed by atoms with Gasteiger partial charge >= 0.3 is 0 Å². The molecule has 1 amide bonds. The maximum Gasteiger partial charge on any atom is 0.220 e. The van der Waals surface area contributed by atoms with E-state index in [1.807, 2.05) is 0 Å². The molecule has 0 aliphatic heterocycles. The van der Waals surface area contributed by atoms with E-state index in [0.717, 1.165) is 17.8 Å². The van der Waals surface area contributed by atoms with Crippen molar-refractivity contribution in [2.45, 2.75) is 64.3 Å². The Morgan fingerprint density at radius 2 is 1.74 bits per heavy atom. The summed E-state index contributed by atoms with van der Waals surface area (Å²) in [6, 6.07) is 0.312. The first-order valence-corrected chi connectivity index (χ1v) is 8.01. The summed E-state index contributed by atoms with van der Waals surface area (Å²) in [6.45, 7) is 2.32. The number of carbonyl (C=O) groups is 1. The van der Waals surface area contributed by atoms with Crippen LogP contribution in [0.2, 0.25) is 0 Å². The second-order valence-electron chi connectivity index (χ2n) is 7.40. The highest BCUT2D eigenvalue weighted by Gasteiger charge is 2.53. The smallest absolute Gasteiger partial charge is 0.220 e. The summed E-state index contributed by atoms with van der Waals surface area (Å²) in [6.07, 6.45) is 9.40. The van der Waals surface area contributed by atoms with Gasteiger partial charge in [-0.1, -0.05) is 0 Å². The number of amides is 1. The van der Waals surface area contributed by atoms with E-state index in [2.05, 4.69) is 12.2 Å². The van der Waals surface area contributed by atoms with Gasteiger partial charge < -0.3 is 10.4 Å². The molecule has 0 radical (unpaired) electrons. The molecular formula is C16H27NO2. The lowest BCUT2D eigenvalue weighted by atomic mass is 9.48. The third-order valence-corrected chi connectivity index (χ3v) is 5.94. The van der Waals surface area contributed by atoms with E-state index in [-0.39, 0.29) is 12.5 Å². The van der Waals surface area contributed by atoms with Gasteiger partial charge in [-0.25, -0.2) is 0 Å². The highest BCUT2D eigenvalue weighted by atomic mass is 16.3. The average Bonchev–Trinajstić information content (AvgIpc) is 2.34. The second kappa shape index (κ2) is 5.08. The lowest BCUT2D eigenvalue weighted by molar-refractivity contribution is -0.126. The van der Waals surface area contributed by atoms with Crippen LogP contribution in [0, 0.1) is 23.2 Å². The lowest BCUT2D eigenvalue weighted by Crippen LogP contribution is -2.55. The zero-order valence-electron chi connectivity index (χ0n) is 12.0. The van der Waals surface area contributed by atoms with Crippen molar-refractivity contribution < 1.29 is 9.90 Å². The van der Waals surface area contributed by atoms with Gasteiger partial charge in [-0.15, -0.1) is 0 Å². The fourth-order valence-corrected chi connectivity index (χ4v) is 5.41. The van der Waals surface area contributed by atoms with Gasteiger partial charge in [0, 0.05) is 19.1 Å². The normalized spacial score (nSPS) is 41.3. The van der Waals surface area contributed by atoms with E-state index in [4.69, 9.17) is 5.11 Å². The van der Waals surface area contributed by atoms with Crippen LogP contribution in [0.3, 0.4) is 0 Å². The maximum atomic E-state index is 11.9. The molecule has 3 nitrogen and oxygen atoms in total. The van der Waals surface area contributed by atoms with Gasteiger partial charge in [0.15, 0.2) is 0 Å². The monoisotopic (exact) mass is 265 g/mol. The first-order valence-electron chi connectivity index (χ1n) is 8.01. The maximum absolute atomic E-state index is 11.9. The molecule has 4 aliphatic carbocycles. The van der Waals surface area contributed by atoms with Crippen molar-refractivity contribution >= 4 is 5.91 Å². The van der Waals surface area contributed by atoms with E-state index >= 15 is 0 Å². The van der Waals surface area contributed by atoms with E-state index in [0.29, 0.717) is 24.3 Å². The molecule has 3 heteroatoms. The lowest BCUT2D eigenvalue weighted by Gasteiger charge is -2.59. The van der Waals surface area contributed by atoms with Gasteiger partial charge in [0.2, 0.25) is 5.91 Å². The number of aliphatic hydroxyl groups excluding tert-OH is 1. The predicted molar refractivity (Wildman–Crippen MR) is 74.5 cm³/mol. The van der Waals surface area contributed by atoms with Crippen molar-refractivity contribution in [3.05, 3.63) is 0 Å². The molecule has 19 heavy (non-hydrogen) atoms. The molecular weight excluding hydrogens is 238 g/mol. The number of rotatable bonds is 5. The standard InChI is InChI=1S/C16H27NO2/c1-11(17-15(19)3-2-4-18)16-8-12-5-13(9-16)7-14(6-12)10-16/h11-14,18H,2-10H2,1H3,(H,17,19). The molecule has 4 bridgehead atoms. The fourth-order valence-electron chi connectivity index (χ4n) is 5.41. The van der Waals surface area contributed by atoms with Gasteiger partial charge in [-0.3, -0.25) is 4.79 Å². The Hall–Kier alpha value is -0.570. The summed E-state index contributed by atoms with van der Waals surface area (Å²) in [5, 5.41) is 12.0. The number of nitrogens with one attached hydrogen (secondary N) is 1. The third-order valence-electron chi connectivity index (χ3n) is 5.94. The zero-order valence-corrected chi connectivity index (χ0v) is 12.0. The van der Waals surface area contributed by atoms with Crippen LogP contribution in [0.5, 0.6) is 0 Å². The topological polar surface area (TPSA) is 49.3 Å². The van der Waals surface area contributed by atoms with Crippen molar-refractivity contribution in [2.75, 3.05) is 6.61 Å². The Balaban J connectivity index is 1.63. The van der Waals surface area contributed by atoms with Crippen LogP contribution in [0.25, 0.3) is 0 Å². The first kappa shape index (κ1) is 13.4. The molecule has 4 saturated carbocycles. The van der Waals surface area contributed by atoms with Crippen LogP contribution >= 0.6 is 0 Å². The van der Waals surface area contributed by atoms with Gasteiger partial charge in [0.05, 0.1) is 0 Å². The SMILES string of the molecule is CC(NC(=O)CCCO)C12CC3CC(CC(C3)C1)C2. The molecule has 1 unspecified atom stereocenters. The van der Waals surface area contributed by atoms with Crippen molar-refractivity contribution in [3.8, 4) is 0 Å². The van der Waals surface area contributed by atoms with Crippen LogP contribution in [0.1, 0.15) is 58.3 Å². The van der Waals surface area contributed by atoms with Crippen LogP contribution in [-0.2, 0) is 4.79 Å². The molecule has 4 aliphatic rings. The molecule has 0 heterocycles. The van der Waals surface area contributed by atoms with Crippen molar-refractivity contribution in [1.82, 2.24) is 5.32 Å². The second-order valence-corrected chi connectivity index (χ2v) is 7.40. The predicted octanol–water partition coefficient (Wildman–Crippen LogP) is 2.48. The van der Waals surface area contributed by atoms with Gasteiger partial charge in [0.25, 0.3) is 0 Å². The van der Waals surface area contributed by atoms with Gasteiger partial charge in [-0.05, 0) is 75.0 Å². The van der Waals surface area contributed by atoms with Crippen LogP contribution in [-0.4, -0.2) is 23.7 Å². The molecule has 1 atom stereocenters. The molecule has 0 aromatic rings. The Kier molecular flexibility index (Phi) is 3.59. The summed E-state index contributed by atoms with van der Waals surface area (Å²) in [5.41, 5.74) is 0.392. The zero-order chi connectivity index (χ0) is 13.5. The van der Waals surface area contributed by atoms with Crippen molar-refractivity contribution in [3.63, 3.8) is 0 Å². The minimum atomic E-state index is 0.110. The molecule has 0 aromatic heterocycles. The summed E-state index contributed by atoms with van der Waals surface area (Å²) in [7, 11) is 0.